The Kier molecular flexibility index (Phi) is 1.94. The van der Waals surface area contributed by atoms with E-state index in [-0.39, 0.29) is 0 Å². The molecule has 0 aliphatic rings. The van der Waals surface area contributed by atoms with Gasteiger partial charge in [0.25, 0.3) is 0 Å². The van der Waals surface area contributed by atoms with Crippen molar-refractivity contribution < 1.29 is 0 Å². The summed E-state index contributed by atoms with van der Waals surface area (Å²) >= 11 is 6.41. The molecular weight excluding hydrogens is 242 g/mol. The summed E-state index contributed by atoms with van der Waals surface area (Å²) in [6.45, 7) is 0. The molecule has 1 aromatic heterocycles. The Morgan fingerprint density at radius 3 is 2.17 bits per heavy atom. The second kappa shape index (κ2) is 3.50. The van der Waals surface area contributed by atoms with Gasteiger partial charge in [0.15, 0.2) is 0 Å². The van der Waals surface area contributed by atoms with Gasteiger partial charge in [-0.3, -0.25) is 4.09 Å². The highest BCUT2D eigenvalue weighted by atomic mass is 35.5. The van der Waals surface area contributed by atoms with E-state index in [0.717, 1.165) is 11.0 Å². The van der Waals surface area contributed by atoms with E-state index in [4.69, 9.17) is 11.8 Å². The Morgan fingerprint density at radius 2 is 1.33 bits per heavy atom. The zero-order chi connectivity index (χ0) is 12.1. The Hall–Kier alpha value is -1.99. The van der Waals surface area contributed by atoms with Gasteiger partial charge in [-0.1, -0.05) is 42.5 Å². The van der Waals surface area contributed by atoms with Crippen LogP contribution in [0.2, 0.25) is 0 Å². The van der Waals surface area contributed by atoms with Crippen LogP contribution in [0.25, 0.3) is 32.6 Å². The first-order valence-electron chi connectivity index (χ1n) is 5.93. The van der Waals surface area contributed by atoms with Crippen molar-refractivity contribution in [2.45, 2.75) is 0 Å². The Bertz CT molecular complexity index is 889. The van der Waals surface area contributed by atoms with Crippen LogP contribution >= 0.6 is 11.8 Å². The Morgan fingerprint density at radius 1 is 0.667 bits per heavy atom. The van der Waals surface area contributed by atoms with Crippen LogP contribution in [0.3, 0.4) is 0 Å². The minimum absolute atomic E-state index is 1.06. The predicted octanol–water partition coefficient (Wildman–Crippen LogP) is 4.95. The standard InChI is InChI=1S/C16H10ClN/c17-18-15-8-4-3-7-13(15)14-9-11-5-1-2-6-12(11)10-16(14)18/h1-10H. The van der Waals surface area contributed by atoms with Crippen LogP contribution in [0, 0.1) is 0 Å². The molecule has 0 atom stereocenters. The third-order valence-electron chi connectivity index (χ3n) is 3.48. The van der Waals surface area contributed by atoms with Crippen molar-refractivity contribution in [1.29, 1.82) is 0 Å². The van der Waals surface area contributed by atoms with Gasteiger partial charge < -0.3 is 0 Å². The first-order chi connectivity index (χ1) is 8.84. The van der Waals surface area contributed by atoms with E-state index in [0.29, 0.717) is 0 Å². The van der Waals surface area contributed by atoms with Crippen molar-refractivity contribution >= 4 is 44.4 Å². The third kappa shape index (κ3) is 1.22. The van der Waals surface area contributed by atoms with E-state index < -0.39 is 0 Å². The van der Waals surface area contributed by atoms with Gasteiger partial charge in [-0.05, 0) is 29.0 Å². The number of rotatable bonds is 0. The Labute approximate surface area is 109 Å². The molecule has 0 aliphatic carbocycles. The van der Waals surface area contributed by atoms with Crippen LogP contribution in [0.5, 0.6) is 0 Å². The molecule has 0 spiro atoms. The van der Waals surface area contributed by atoms with Gasteiger partial charge in [0.1, 0.15) is 0 Å². The van der Waals surface area contributed by atoms with Crippen LogP contribution in [-0.4, -0.2) is 4.09 Å². The first-order valence-corrected chi connectivity index (χ1v) is 6.26. The van der Waals surface area contributed by atoms with Crippen LogP contribution in [0.4, 0.5) is 0 Å². The van der Waals surface area contributed by atoms with Crippen LogP contribution in [0.15, 0.2) is 60.7 Å². The third-order valence-corrected chi connectivity index (χ3v) is 3.85. The molecule has 86 valence electrons. The van der Waals surface area contributed by atoms with Crippen LogP contribution in [-0.2, 0) is 0 Å². The van der Waals surface area contributed by atoms with E-state index in [1.807, 2.05) is 18.2 Å². The maximum Gasteiger partial charge on any atom is 0.0667 e. The number of para-hydroxylation sites is 1. The highest BCUT2D eigenvalue weighted by molar-refractivity contribution is 6.27. The number of hydrogen-bond acceptors (Lipinski definition) is 0. The van der Waals surface area contributed by atoms with Crippen molar-refractivity contribution in [3.63, 3.8) is 0 Å². The van der Waals surface area contributed by atoms with E-state index >= 15 is 0 Å². The Balaban J connectivity index is 2.32. The highest BCUT2D eigenvalue weighted by Crippen LogP contribution is 2.32. The summed E-state index contributed by atoms with van der Waals surface area (Å²) in [6, 6.07) is 21.0. The molecule has 0 fully saturated rings. The van der Waals surface area contributed by atoms with Crippen molar-refractivity contribution in [1.82, 2.24) is 4.09 Å². The van der Waals surface area contributed by atoms with Crippen molar-refractivity contribution in [2.24, 2.45) is 0 Å². The topological polar surface area (TPSA) is 4.93 Å². The van der Waals surface area contributed by atoms with E-state index in [1.165, 1.54) is 21.5 Å². The minimum Gasteiger partial charge on any atom is -0.252 e. The lowest BCUT2D eigenvalue weighted by atomic mass is 10.1. The molecule has 1 nitrogen and oxygen atoms in total. The fraction of sp³-hybridized carbons (Fsp3) is 0. The maximum atomic E-state index is 6.41. The SMILES string of the molecule is Cln1c2ccccc2c2cc3ccccc3cc21. The molecule has 2 heteroatoms. The summed E-state index contributed by atoms with van der Waals surface area (Å²) in [4.78, 5) is 0. The predicted molar refractivity (Wildman–Crippen MR) is 78.2 cm³/mol. The monoisotopic (exact) mass is 251 g/mol. The van der Waals surface area contributed by atoms with E-state index in [1.54, 1.807) is 4.09 Å². The van der Waals surface area contributed by atoms with Gasteiger partial charge in [0.2, 0.25) is 0 Å². The maximum absolute atomic E-state index is 6.41. The summed E-state index contributed by atoms with van der Waals surface area (Å²) in [7, 11) is 0. The van der Waals surface area contributed by atoms with Crippen molar-refractivity contribution in [3.8, 4) is 0 Å². The highest BCUT2D eigenvalue weighted by Gasteiger charge is 2.09. The molecular formula is C16H10ClN. The molecule has 1 heterocycles. The quantitative estimate of drug-likeness (QED) is 0.417. The fourth-order valence-corrected chi connectivity index (χ4v) is 2.90. The van der Waals surface area contributed by atoms with Crippen LogP contribution in [0.1, 0.15) is 0 Å². The molecule has 4 rings (SSSR count). The zero-order valence-corrected chi connectivity index (χ0v) is 10.4. The smallest absolute Gasteiger partial charge is 0.0667 e. The molecule has 0 N–H and O–H groups in total. The minimum atomic E-state index is 1.06. The molecule has 0 aliphatic heterocycles. The molecule has 0 saturated heterocycles. The number of fused-ring (bicyclic) bond motifs is 4. The molecule has 3 aromatic carbocycles. The van der Waals surface area contributed by atoms with Crippen LogP contribution < -0.4 is 0 Å². The average Bonchev–Trinajstić information content (AvgIpc) is 2.71. The molecule has 0 bridgehead atoms. The van der Waals surface area contributed by atoms with Gasteiger partial charge >= 0.3 is 0 Å². The van der Waals surface area contributed by atoms with Gasteiger partial charge in [0.05, 0.1) is 11.0 Å². The van der Waals surface area contributed by atoms with Gasteiger partial charge in [-0.15, -0.1) is 0 Å². The first kappa shape index (κ1) is 9.98. The zero-order valence-electron chi connectivity index (χ0n) is 9.60. The molecule has 0 unspecified atom stereocenters. The summed E-state index contributed by atoms with van der Waals surface area (Å²) in [5.74, 6) is 0. The van der Waals surface area contributed by atoms with Gasteiger partial charge in [0, 0.05) is 22.5 Å². The number of aromatic nitrogens is 1. The molecule has 4 aromatic rings. The number of hydrogen-bond donors (Lipinski definition) is 0. The number of benzene rings is 3. The summed E-state index contributed by atoms with van der Waals surface area (Å²) in [5, 5.41) is 4.88. The summed E-state index contributed by atoms with van der Waals surface area (Å²) in [5.41, 5.74) is 2.13. The number of nitrogens with zero attached hydrogens (tertiary/aromatic N) is 1. The van der Waals surface area contributed by atoms with E-state index in [9.17, 15) is 0 Å². The van der Waals surface area contributed by atoms with Gasteiger partial charge in [-0.2, -0.15) is 0 Å². The van der Waals surface area contributed by atoms with Crippen molar-refractivity contribution in [3.05, 3.63) is 60.7 Å². The fourth-order valence-electron chi connectivity index (χ4n) is 2.61. The lowest BCUT2D eigenvalue weighted by Crippen LogP contribution is -1.79. The van der Waals surface area contributed by atoms with E-state index in [2.05, 4.69) is 42.5 Å². The second-order valence-electron chi connectivity index (χ2n) is 4.51. The molecule has 0 saturated carbocycles. The molecule has 0 radical (unpaired) electrons. The summed E-state index contributed by atoms with van der Waals surface area (Å²) < 4.78 is 1.75. The average molecular weight is 252 g/mol. The summed E-state index contributed by atoms with van der Waals surface area (Å²) in [6.07, 6.45) is 0. The van der Waals surface area contributed by atoms with Gasteiger partial charge in [-0.25, -0.2) is 0 Å². The lowest BCUT2D eigenvalue weighted by Gasteiger charge is -1.99. The number of halogens is 1. The largest absolute Gasteiger partial charge is 0.252 e. The molecule has 0 amide bonds. The molecule has 18 heavy (non-hydrogen) atoms. The van der Waals surface area contributed by atoms with Crippen molar-refractivity contribution in [2.75, 3.05) is 0 Å². The normalized spacial score (nSPS) is 11.6. The lowest BCUT2D eigenvalue weighted by molar-refractivity contribution is 1.40. The second-order valence-corrected chi connectivity index (χ2v) is 4.85.